The maximum Gasteiger partial charge on any atom is 0.141 e. The van der Waals surface area contributed by atoms with Crippen molar-refractivity contribution in [3.63, 3.8) is 0 Å². The zero-order valence-corrected chi connectivity index (χ0v) is 11.2. The summed E-state index contributed by atoms with van der Waals surface area (Å²) in [5.74, 6) is 0.290. The average Bonchev–Trinajstić information content (AvgIpc) is 2.35. The van der Waals surface area contributed by atoms with E-state index in [2.05, 4.69) is 24.1 Å². The predicted octanol–water partition coefficient (Wildman–Crippen LogP) is 2.67. The molecule has 2 N–H and O–H groups in total. The molecule has 0 aliphatic carbocycles. The summed E-state index contributed by atoms with van der Waals surface area (Å²) in [4.78, 5) is 3.72. The second-order valence-electron chi connectivity index (χ2n) is 4.84. The van der Waals surface area contributed by atoms with E-state index >= 15 is 0 Å². The highest BCUT2D eigenvalue weighted by molar-refractivity contribution is 5.13. The third-order valence-corrected chi connectivity index (χ3v) is 3.04. The molecule has 0 amide bonds. The molecule has 1 aromatic heterocycles. The highest BCUT2D eigenvalue weighted by atomic mass is 19.1. The highest BCUT2D eigenvalue weighted by Crippen LogP contribution is 2.12. The zero-order valence-electron chi connectivity index (χ0n) is 11.2. The SMILES string of the molecule is CCC[C@H](C)CCNCC(O)c1cncc(F)c1. The molecule has 2 atom stereocenters. The van der Waals surface area contributed by atoms with Crippen molar-refractivity contribution >= 4 is 0 Å². The number of hydrogen-bond donors (Lipinski definition) is 2. The van der Waals surface area contributed by atoms with E-state index in [9.17, 15) is 9.50 Å². The number of pyridine rings is 1. The highest BCUT2D eigenvalue weighted by Gasteiger charge is 2.08. The van der Waals surface area contributed by atoms with Crippen molar-refractivity contribution in [2.75, 3.05) is 13.1 Å². The van der Waals surface area contributed by atoms with E-state index in [4.69, 9.17) is 0 Å². The lowest BCUT2D eigenvalue weighted by Gasteiger charge is -2.14. The van der Waals surface area contributed by atoms with Gasteiger partial charge in [0.15, 0.2) is 0 Å². The van der Waals surface area contributed by atoms with Crippen LogP contribution in [0, 0.1) is 11.7 Å². The molecule has 0 aliphatic rings. The Bertz CT molecular complexity index is 346. The molecule has 0 saturated carbocycles. The van der Waals surface area contributed by atoms with Crippen LogP contribution in [0.3, 0.4) is 0 Å². The topological polar surface area (TPSA) is 45.1 Å². The maximum absolute atomic E-state index is 12.9. The Morgan fingerprint density at radius 3 is 2.83 bits per heavy atom. The van der Waals surface area contributed by atoms with Gasteiger partial charge in [0.2, 0.25) is 0 Å². The molecule has 0 bridgehead atoms. The second-order valence-corrected chi connectivity index (χ2v) is 4.84. The Kier molecular flexibility index (Phi) is 6.83. The van der Waals surface area contributed by atoms with Crippen LogP contribution in [0.5, 0.6) is 0 Å². The Labute approximate surface area is 108 Å². The first kappa shape index (κ1) is 15.1. The maximum atomic E-state index is 12.9. The van der Waals surface area contributed by atoms with Crippen LogP contribution in [-0.4, -0.2) is 23.2 Å². The Morgan fingerprint density at radius 2 is 2.17 bits per heavy atom. The van der Waals surface area contributed by atoms with Crippen LogP contribution in [-0.2, 0) is 0 Å². The van der Waals surface area contributed by atoms with E-state index in [1.54, 1.807) is 0 Å². The summed E-state index contributed by atoms with van der Waals surface area (Å²) in [6.07, 6.45) is 5.47. The van der Waals surface area contributed by atoms with Gasteiger partial charge in [-0.3, -0.25) is 4.98 Å². The first-order chi connectivity index (χ1) is 8.63. The largest absolute Gasteiger partial charge is 0.387 e. The van der Waals surface area contributed by atoms with Crippen molar-refractivity contribution in [3.05, 3.63) is 29.8 Å². The normalized spacial score (nSPS) is 14.4. The Balaban J connectivity index is 2.23. The summed E-state index contributed by atoms with van der Waals surface area (Å²) in [6.45, 7) is 5.73. The summed E-state index contributed by atoms with van der Waals surface area (Å²) < 4.78 is 12.9. The molecule has 0 spiro atoms. The molecule has 1 aromatic rings. The molecule has 102 valence electrons. The number of nitrogens with one attached hydrogen (secondary N) is 1. The van der Waals surface area contributed by atoms with Crippen molar-refractivity contribution in [3.8, 4) is 0 Å². The standard InChI is InChI=1S/C14H23FN2O/c1-3-4-11(2)5-6-16-10-14(18)12-7-13(15)9-17-8-12/h7-9,11,14,16,18H,3-6,10H2,1-2H3/t11-,14?/m0/s1. The van der Waals surface area contributed by atoms with E-state index in [0.717, 1.165) is 19.2 Å². The van der Waals surface area contributed by atoms with Gasteiger partial charge < -0.3 is 10.4 Å². The molecule has 1 heterocycles. The minimum absolute atomic E-state index is 0.414. The summed E-state index contributed by atoms with van der Waals surface area (Å²) in [5.41, 5.74) is 0.518. The summed E-state index contributed by atoms with van der Waals surface area (Å²) in [5, 5.41) is 13.0. The van der Waals surface area contributed by atoms with Crippen LogP contribution in [0.4, 0.5) is 4.39 Å². The van der Waals surface area contributed by atoms with Gasteiger partial charge in [-0.05, 0) is 24.9 Å². The van der Waals surface area contributed by atoms with Gasteiger partial charge in [0.25, 0.3) is 0 Å². The van der Waals surface area contributed by atoms with Crippen molar-refractivity contribution in [1.29, 1.82) is 0 Å². The molecule has 0 aliphatic heterocycles. The van der Waals surface area contributed by atoms with Crippen molar-refractivity contribution in [2.45, 2.75) is 39.2 Å². The van der Waals surface area contributed by atoms with Gasteiger partial charge in [-0.15, -0.1) is 0 Å². The number of halogens is 1. The lowest BCUT2D eigenvalue weighted by molar-refractivity contribution is 0.173. The fourth-order valence-corrected chi connectivity index (χ4v) is 1.95. The first-order valence-electron chi connectivity index (χ1n) is 6.62. The monoisotopic (exact) mass is 254 g/mol. The van der Waals surface area contributed by atoms with Crippen LogP contribution >= 0.6 is 0 Å². The molecule has 0 aromatic carbocycles. The van der Waals surface area contributed by atoms with Gasteiger partial charge in [-0.1, -0.05) is 26.7 Å². The quantitative estimate of drug-likeness (QED) is 0.701. The number of nitrogens with zero attached hydrogens (tertiary/aromatic N) is 1. The van der Waals surface area contributed by atoms with E-state index in [1.165, 1.54) is 25.1 Å². The van der Waals surface area contributed by atoms with Crippen molar-refractivity contribution in [2.24, 2.45) is 5.92 Å². The number of aliphatic hydroxyl groups excluding tert-OH is 1. The van der Waals surface area contributed by atoms with Crippen LogP contribution in [0.1, 0.15) is 44.8 Å². The van der Waals surface area contributed by atoms with Crippen LogP contribution < -0.4 is 5.32 Å². The fourth-order valence-electron chi connectivity index (χ4n) is 1.95. The van der Waals surface area contributed by atoms with Gasteiger partial charge in [-0.25, -0.2) is 4.39 Å². The minimum atomic E-state index is -0.699. The first-order valence-corrected chi connectivity index (χ1v) is 6.62. The predicted molar refractivity (Wildman–Crippen MR) is 70.7 cm³/mol. The van der Waals surface area contributed by atoms with Crippen LogP contribution in [0.2, 0.25) is 0 Å². The van der Waals surface area contributed by atoms with Gasteiger partial charge in [0, 0.05) is 18.3 Å². The minimum Gasteiger partial charge on any atom is -0.387 e. The van der Waals surface area contributed by atoms with Gasteiger partial charge in [0.05, 0.1) is 12.3 Å². The van der Waals surface area contributed by atoms with Crippen molar-refractivity contribution in [1.82, 2.24) is 10.3 Å². The molecule has 1 unspecified atom stereocenters. The fraction of sp³-hybridized carbons (Fsp3) is 0.643. The van der Waals surface area contributed by atoms with E-state index < -0.39 is 11.9 Å². The molecule has 0 fully saturated rings. The number of aliphatic hydroxyl groups is 1. The third-order valence-electron chi connectivity index (χ3n) is 3.04. The molecule has 1 rings (SSSR count). The van der Waals surface area contributed by atoms with Gasteiger partial charge in [-0.2, -0.15) is 0 Å². The van der Waals surface area contributed by atoms with Crippen molar-refractivity contribution < 1.29 is 9.50 Å². The number of aromatic nitrogens is 1. The van der Waals surface area contributed by atoms with E-state index in [0.29, 0.717) is 18.0 Å². The third kappa shape index (κ3) is 5.56. The number of rotatable bonds is 8. The second kappa shape index (κ2) is 8.16. The zero-order chi connectivity index (χ0) is 13.4. The lowest BCUT2D eigenvalue weighted by Crippen LogP contribution is -2.23. The lowest BCUT2D eigenvalue weighted by atomic mass is 10.0. The molecule has 4 heteroatoms. The molecular weight excluding hydrogens is 231 g/mol. The average molecular weight is 254 g/mol. The summed E-state index contributed by atoms with van der Waals surface area (Å²) in [7, 11) is 0. The van der Waals surface area contributed by atoms with Crippen LogP contribution in [0.25, 0.3) is 0 Å². The summed E-state index contributed by atoms with van der Waals surface area (Å²) >= 11 is 0. The molecule has 18 heavy (non-hydrogen) atoms. The molecule has 0 radical (unpaired) electrons. The van der Waals surface area contributed by atoms with E-state index in [-0.39, 0.29) is 0 Å². The molecule has 3 nitrogen and oxygen atoms in total. The van der Waals surface area contributed by atoms with E-state index in [1.807, 2.05) is 0 Å². The molecular formula is C14H23FN2O. The Morgan fingerprint density at radius 1 is 1.39 bits per heavy atom. The number of hydrogen-bond acceptors (Lipinski definition) is 3. The van der Waals surface area contributed by atoms with Gasteiger partial charge in [0.1, 0.15) is 5.82 Å². The van der Waals surface area contributed by atoms with Crippen LogP contribution in [0.15, 0.2) is 18.5 Å². The summed E-state index contributed by atoms with van der Waals surface area (Å²) in [6, 6.07) is 1.32. The Hall–Kier alpha value is -1.00. The smallest absolute Gasteiger partial charge is 0.141 e. The van der Waals surface area contributed by atoms with Gasteiger partial charge >= 0.3 is 0 Å². The molecule has 0 saturated heterocycles.